The van der Waals surface area contributed by atoms with Crippen LogP contribution in [0.25, 0.3) is 0 Å². The van der Waals surface area contributed by atoms with Gasteiger partial charge in [-0.1, -0.05) is 6.07 Å². The van der Waals surface area contributed by atoms with Gasteiger partial charge in [-0.25, -0.2) is 4.39 Å². The van der Waals surface area contributed by atoms with Crippen LogP contribution in [-0.4, -0.2) is 25.7 Å². The summed E-state index contributed by atoms with van der Waals surface area (Å²) in [6.07, 6.45) is 0. The zero-order valence-electron chi connectivity index (χ0n) is 9.66. The largest absolute Gasteiger partial charge is 0.366 e. The average molecular weight is 245 g/mol. The number of piperazine rings is 1. The van der Waals surface area contributed by atoms with E-state index < -0.39 is 0 Å². The lowest BCUT2D eigenvalue weighted by molar-refractivity contribution is 0.478. The molecule has 1 aromatic carbocycles. The maximum atomic E-state index is 13.7. The molecule has 1 heterocycles. The van der Waals surface area contributed by atoms with Gasteiger partial charge in [0.05, 0.1) is 5.69 Å². The van der Waals surface area contributed by atoms with Crippen molar-refractivity contribution < 1.29 is 4.39 Å². The first-order chi connectivity index (χ1) is 7.16. The van der Waals surface area contributed by atoms with Gasteiger partial charge in [-0.3, -0.25) is 0 Å². The number of hydrogen-bond donors (Lipinski definition) is 1. The molecular formula is C12H18ClFN2. The first kappa shape index (κ1) is 13.3. The number of anilines is 1. The number of hydrogen-bond acceptors (Lipinski definition) is 2. The molecule has 4 heteroatoms. The standard InChI is InChI=1S/C12H17FN2.ClH/c1-9-3-4-12(11(13)7-9)15-6-5-14-10(2)8-15;/h3-4,7,10,14H,5-6,8H2,1-2H3;1H. The van der Waals surface area contributed by atoms with Crippen molar-refractivity contribution in [2.24, 2.45) is 0 Å². The van der Waals surface area contributed by atoms with Gasteiger partial charge in [0.2, 0.25) is 0 Å². The Labute approximate surface area is 102 Å². The Hall–Kier alpha value is -0.800. The smallest absolute Gasteiger partial charge is 0.146 e. The van der Waals surface area contributed by atoms with Gasteiger partial charge >= 0.3 is 0 Å². The zero-order valence-corrected chi connectivity index (χ0v) is 10.5. The summed E-state index contributed by atoms with van der Waals surface area (Å²) < 4.78 is 13.7. The molecule has 2 rings (SSSR count). The molecule has 0 aliphatic carbocycles. The van der Waals surface area contributed by atoms with E-state index in [1.807, 2.05) is 19.1 Å². The molecule has 1 fully saturated rings. The number of benzene rings is 1. The van der Waals surface area contributed by atoms with Gasteiger partial charge in [-0.05, 0) is 31.5 Å². The van der Waals surface area contributed by atoms with Crippen LogP contribution in [0, 0.1) is 12.7 Å². The monoisotopic (exact) mass is 244 g/mol. The van der Waals surface area contributed by atoms with Crippen LogP contribution in [0.2, 0.25) is 0 Å². The number of nitrogens with zero attached hydrogens (tertiary/aromatic N) is 1. The summed E-state index contributed by atoms with van der Waals surface area (Å²) in [6, 6.07) is 5.87. The van der Waals surface area contributed by atoms with Crippen molar-refractivity contribution in [1.82, 2.24) is 5.32 Å². The SMILES string of the molecule is Cc1ccc(N2CCNC(C)C2)c(F)c1.Cl. The third-order valence-corrected chi connectivity index (χ3v) is 2.81. The Morgan fingerprint density at radius 2 is 2.19 bits per heavy atom. The highest BCUT2D eigenvalue weighted by atomic mass is 35.5. The van der Waals surface area contributed by atoms with E-state index in [0.29, 0.717) is 6.04 Å². The molecule has 0 radical (unpaired) electrons. The van der Waals surface area contributed by atoms with Crippen LogP contribution in [0.1, 0.15) is 12.5 Å². The van der Waals surface area contributed by atoms with E-state index in [2.05, 4.69) is 17.1 Å². The molecule has 0 amide bonds. The van der Waals surface area contributed by atoms with Gasteiger partial charge in [-0.15, -0.1) is 12.4 Å². The third-order valence-electron chi connectivity index (χ3n) is 2.81. The summed E-state index contributed by atoms with van der Waals surface area (Å²) in [5, 5.41) is 3.35. The van der Waals surface area contributed by atoms with Gasteiger partial charge < -0.3 is 10.2 Å². The predicted molar refractivity (Wildman–Crippen MR) is 68.1 cm³/mol. The van der Waals surface area contributed by atoms with E-state index in [1.165, 1.54) is 0 Å². The van der Waals surface area contributed by atoms with Crippen LogP contribution in [0.4, 0.5) is 10.1 Å². The fourth-order valence-electron chi connectivity index (χ4n) is 2.02. The van der Waals surface area contributed by atoms with Crippen LogP contribution in [0.15, 0.2) is 18.2 Å². The molecule has 16 heavy (non-hydrogen) atoms. The molecule has 1 aliphatic rings. The summed E-state index contributed by atoms with van der Waals surface area (Å²) >= 11 is 0. The lowest BCUT2D eigenvalue weighted by Gasteiger charge is -2.33. The minimum absolute atomic E-state index is 0. The highest BCUT2D eigenvalue weighted by molar-refractivity contribution is 5.85. The van der Waals surface area contributed by atoms with Crippen molar-refractivity contribution in [2.75, 3.05) is 24.5 Å². The summed E-state index contributed by atoms with van der Waals surface area (Å²) in [4.78, 5) is 2.11. The first-order valence-corrected chi connectivity index (χ1v) is 5.41. The molecule has 1 aromatic rings. The average Bonchev–Trinajstić information content (AvgIpc) is 2.17. The van der Waals surface area contributed by atoms with Gasteiger partial charge in [0, 0.05) is 25.7 Å². The summed E-state index contributed by atoms with van der Waals surface area (Å²) in [7, 11) is 0. The van der Waals surface area contributed by atoms with Crippen LogP contribution >= 0.6 is 12.4 Å². The second-order valence-corrected chi connectivity index (χ2v) is 4.26. The fourth-order valence-corrected chi connectivity index (χ4v) is 2.02. The quantitative estimate of drug-likeness (QED) is 0.816. The maximum Gasteiger partial charge on any atom is 0.146 e. The predicted octanol–water partition coefficient (Wildman–Crippen LogP) is 2.35. The van der Waals surface area contributed by atoms with Crippen LogP contribution in [0.3, 0.4) is 0 Å². The Kier molecular flexibility index (Phi) is 4.56. The van der Waals surface area contributed by atoms with Gasteiger partial charge in [0.1, 0.15) is 5.82 Å². The second kappa shape index (κ2) is 5.51. The van der Waals surface area contributed by atoms with Gasteiger partial charge in [0.15, 0.2) is 0 Å². The molecule has 0 spiro atoms. The Bertz CT molecular complexity index is 357. The van der Waals surface area contributed by atoms with Crippen molar-refractivity contribution in [1.29, 1.82) is 0 Å². The van der Waals surface area contributed by atoms with Crippen LogP contribution in [0.5, 0.6) is 0 Å². The molecule has 1 saturated heterocycles. The van der Waals surface area contributed by atoms with Gasteiger partial charge in [-0.2, -0.15) is 0 Å². The Morgan fingerprint density at radius 1 is 1.44 bits per heavy atom. The number of rotatable bonds is 1. The Balaban J connectivity index is 0.00000128. The second-order valence-electron chi connectivity index (χ2n) is 4.26. The minimum Gasteiger partial charge on any atom is -0.366 e. The molecule has 0 saturated carbocycles. The van der Waals surface area contributed by atoms with Crippen LogP contribution in [-0.2, 0) is 0 Å². The van der Waals surface area contributed by atoms with Crippen molar-refractivity contribution in [3.8, 4) is 0 Å². The molecule has 1 N–H and O–H groups in total. The van der Waals surface area contributed by atoms with E-state index >= 15 is 0 Å². The van der Waals surface area contributed by atoms with E-state index in [9.17, 15) is 4.39 Å². The summed E-state index contributed by atoms with van der Waals surface area (Å²) in [5.74, 6) is -0.107. The number of nitrogens with one attached hydrogen (secondary N) is 1. The molecule has 1 unspecified atom stereocenters. The normalized spacial score (nSPS) is 20.4. The molecule has 1 aliphatic heterocycles. The zero-order chi connectivity index (χ0) is 10.8. The molecule has 0 aromatic heterocycles. The lowest BCUT2D eigenvalue weighted by Crippen LogP contribution is -2.49. The number of aryl methyl sites for hydroxylation is 1. The van der Waals surface area contributed by atoms with Gasteiger partial charge in [0.25, 0.3) is 0 Å². The van der Waals surface area contributed by atoms with Crippen LogP contribution < -0.4 is 10.2 Å². The Morgan fingerprint density at radius 3 is 2.81 bits per heavy atom. The van der Waals surface area contributed by atoms with E-state index in [4.69, 9.17) is 0 Å². The molecule has 2 nitrogen and oxygen atoms in total. The highest BCUT2D eigenvalue weighted by Gasteiger charge is 2.18. The first-order valence-electron chi connectivity index (χ1n) is 5.41. The summed E-state index contributed by atoms with van der Waals surface area (Å²) in [6.45, 7) is 6.71. The molecule has 1 atom stereocenters. The van der Waals surface area contributed by atoms with E-state index in [-0.39, 0.29) is 18.2 Å². The minimum atomic E-state index is -0.107. The lowest BCUT2D eigenvalue weighted by atomic mass is 10.1. The van der Waals surface area contributed by atoms with Crippen molar-refractivity contribution in [2.45, 2.75) is 19.9 Å². The summed E-state index contributed by atoms with van der Waals surface area (Å²) in [5.41, 5.74) is 1.70. The number of halogens is 2. The van der Waals surface area contributed by atoms with Crippen molar-refractivity contribution in [3.63, 3.8) is 0 Å². The maximum absolute atomic E-state index is 13.7. The highest BCUT2D eigenvalue weighted by Crippen LogP contribution is 2.21. The van der Waals surface area contributed by atoms with E-state index in [1.54, 1.807) is 6.07 Å². The van der Waals surface area contributed by atoms with Crippen molar-refractivity contribution in [3.05, 3.63) is 29.6 Å². The molecule has 0 bridgehead atoms. The molecule has 90 valence electrons. The fraction of sp³-hybridized carbons (Fsp3) is 0.500. The van der Waals surface area contributed by atoms with E-state index in [0.717, 1.165) is 30.9 Å². The molecular weight excluding hydrogens is 227 g/mol. The third kappa shape index (κ3) is 2.86. The topological polar surface area (TPSA) is 15.3 Å². The van der Waals surface area contributed by atoms with Crippen molar-refractivity contribution >= 4 is 18.1 Å².